The summed E-state index contributed by atoms with van der Waals surface area (Å²) in [5.41, 5.74) is -2.76. The second-order valence-electron chi connectivity index (χ2n) is 10.7. The molecule has 0 aromatic carbocycles. The number of likely N-dealkylation sites (tertiary alicyclic amines) is 1. The zero-order chi connectivity index (χ0) is 24.9. The van der Waals surface area contributed by atoms with Gasteiger partial charge in [0.05, 0.1) is 12.1 Å². The molecule has 0 unspecified atom stereocenters. The average Bonchev–Trinajstić information content (AvgIpc) is 3.25. The van der Waals surface area contributed by atoms with Crippen molar-refractivity contribution in [3.8, 4) is 0 Å². The van der Waals surface area contributed by atoms with Crippen LogP contribution in [-0.2, 0) is 10.2 Å². The Morgan fingerprint density at radius 1 is 1.15 bits per heavy atom. The van der Waals surface area contributed by atoms with E-state index in [9.17, 15) is 31.9 Å². The number of aliphatic hydroxyl groups is 1. The monoisotopic (exact) mass is 494 g/mol. The van der Waals surface area contributed by atoms with E-state index in [0.717, 1.165) is 0 Å². The highest BCUT2D eigenvalue weighted by Crippen LogP contribution is 2.48. The summed E-state index contributed by atoms with van der Waals surface area (Å²) in [4.78, 5) is 18.4. The zero-order valence-corrected chi connectivity index (χ0v) is 19.3. The smallest absolute Gasteiger partial charge is 0.392 e. The van der Waals surface area contributed by atoms with Crippen LogP contribution in [-0.4, -0.2) is 69.9 Å². The number of carbonyl (C=O) groups excluding carboxylic acids is 1. The Labute approximate surface area is 194 Å². The number of aliphatic hydroxyl groups excluding tert-OH is 1. The van der Waals surface area contributed by atoms with Gasteiger partial charge in [-0.05, 0) is 32.1 Å². The maximum atomic E-state index is 14.3. The first-order valence-electron chi connectivity index (χ1n) is 11.7. The van der Waals surface area contributed by atoms with Crippen LogP contribution in [0.2, 0.25) is 0 Å². The Morgan fingerprint density at radius 2 is 1.76 bits per heavy atom. The van der Waals surface area contributed by atoms with Crippen LogP contribution in [0.3, 0.4) is 0 Å². The highest BCUT2D eigenvalue weighted by Gasteiger charge is 2.60. The van der Waals surface area contributed by atoms with Crippen molar-refractivity contribution in [1.29, 1.82) is 0 Å². The number of nitrogens with one attached hydrogen (secondary N) is 1. The summed E-state index contributed by atoms with van der Waals surface area (Å²) in [6.45, 7) is 3.89. The summed E-state index contributed by atoms with van der Waals surface area (Å²) in [6.07, 6.45) is -6.60. The molecule has 3 fully saturated rings. The summed E-state index contributed by atoms with van der Waals surface area (Å²) in [5.74, 6) is -4.11. The SMILES string of the molecule is CC1(C)CN[C@H](C(=O)N2CCC(c3noc(C4CCC(F)(F)CC4)n3)(C(F)(F)F)CC2)C[C@H]1O. The van der Waals surface area contributed by atoms with Crippen LogP contribution in [0.25, 0.3) is 0 Å². The third-order valence-corrected chi connectivity index (χ3v) is 7.87. The molecule has 12 heteroatoms. The van der Waals surface area contributed by atoms with Crippen molar-refractivity contribution in [3.63, 3.8) is 0 Å². The molecule has 34 heavy (non-hydrogen) atoms. The third kappa shape index (κ3) is 4.67. The van der Waals surface area contributed by atoms with Gasteiger partial charge in [-0.15, -0.1) is 0 Å². The maximum absolute atomic E-state index is 14.3. The lowest BCUT2D eigenvalue weighted by Gasteiger charge is -2.44. The first kappa shape index (κ1) is 25.3. The maximum Gasteiger partial charge on any atom is 0.401 e. The van der Waals surface area contributed by atoms with Gasteiger partial charge in [0.1, 0.15) is 5.41 Å². The Morgan fingerprint density at radius 3 is 2.32 bits per heavy atom. The molecule has 0 radical (unpaired) electrons. The lowest BCUT2D eigenvalue weighted by Crippen LogP contribution is -2.60. The number of alkyl halides is 5. The van der Waals surface area contributed by atoms with Crippen molar-refractivity contribution >= 4 is 5.91 Å². The highest BCUT2D eigenvalue weighted by atomic mass is 19.4. The van der Waals surface area contributed by atoms with E-state index in [0.29, 0.717) is 6.54 Å². The average molecular weight is 495 g/mol. The molecule has 2 aliphatic heterocycles. The summed E-state index contributed by atoms with van der Waals surface area (Å²) >= 11 is 0. The fraction of sp³-hybridized carbons (Fsp3) is 0.864. The molecule has 0 spiro atoms. The number of piperidine rings is 2. The summed E-state index contributed by atoms with van der Waals surface area (Å²) in [6, 6.07) is -0.650. The van der Waals surface area contributed by atoms with Crippen molar-refractivity contribution in [1.82, 2.24) is 20.4 Å². The van der Waals surface area contributed by atoms with Gasteiger partial charge in [-0.25, -0.2) is 8.78 Å². The van der Waals surface area contributed by atoms with E-state index in [2.05, 4.69) is 15.5 Å². The third-order valence-electron chi connectivity index (χ3n) is 7.87. The highest BCUT2D eigenvalue weighted by molar-refractivity contribution is 5.82. The predicted molar refractivity (Wildman–Crippen MR) is 110 cm³/mol. The first-order chi connectivity index (χ1) is 15.7. The van der Waals surface area contributed by atoms with E-state index in [-0.39, 0.29) is 57.0 Å². The van der Waals surface area contributed by atoms with E-state index in [1.54, 1.807) is 0 Å². The minimum atomic E-state index is -4.67. The molecule has 1 aromatic heterocycles. The van der Waals surface area contributed by atoms with Gasteiger partial charge in [-0.1, -0.05) is 19.0 Å². The number of amides is 1. The topological polar surface area (TPSA) is 91.5 Å². The number of aromatic nitrogens is 2. The fourth-order valence-corrected chi connectivity index (χ4v) is 5.16. The molecule has 2 N–H and O–H groups in total. The van der Waals surface area contributed by atoms with E-state index >= 15 is 0 Å². The van der Waals surface area contributed by atoms with Gasteiger partial charge in [0.25, 0.3) is 0 Å². The van der Waals surface area contributed by atoms with Crippen LogP contribution < -0.4 is 5.32 Å². The lowest BCUT2D eigenvalue weighted by molar-refractivity contribution is -0.206. The molecule has 3 aliphatic rings. The van der Waals surface area contributed by atoms with Crippen molar-refractivity contribution in [3.05, 3.63) is 11.7 Å². The molecule has 2 atom stereocenters. The summed E-state index contributed by atoms with van der Waals surface area (Å²) in [5, 5.41) is 17.0. The molecular formula is C22H31F5N4O3. The first-order valence-corrected chi connectivity index (χ1v) is 11.7. The largest absolute Gasteiger partial charge is 0.401 e. The Bertz CT molecular complexity index is 885. The second kappa shape index (κ2) is 8.69. The second-order valence-corrected chi connectivity index (χ2v) is 10.7. The Kier molecular flexibility index (Phi) is 6.46. The fourth-order valence-electron chi connectivity index (χ4n) is 5.16. The van der Waals surface area contributed by atoms with Crippen LogP contribution >= 0.6 is 0 Å². The predicted octanol–water partition coefficient (Wildman–Crippen LogP) is 3.53. The van der Waals surface area contributed by atoms with E-state index in [1.165, 1.54) is 4.90 Å². The standard InChI is InChI=1S/C22H31F5N4O3/c1-19(2)12-28-14(11-15(19)32)17(33)31-9-7-20(8-10-31,22(25,26)27)18-29-16(34-30-18)13-3-5-21(23,24)6-4-13/h13-15,28,32H,3-12H2,1-2H3/t14-,15+/m0/s1. The number of nitrogens with zero attached hydrogens (tertiary/aromatic N) is 3. The number of hydrogen-bond donors (Lipinski definition) is 2. The van der Waals surface area contributed by atoms with Crippen molar-refractivity contribution < 1.29 is 36.4 Å². The van der Waals surface area contributed by atoms with Crippen LogP contribution in [0.1, 0.15) is 76.4 Å². The van der Waals surface area contributed by atoms with Gasteiger partial charge in [0.2, 0.25) is 17.7 Å². The van der Waals surface area contributed by atoms with Crippen LogP contribution in [0, 0.1) is 5.41 Å². The zero-order valence-electron chi connectivity index (χ0n) is 19.3. The normalized spacial score (nSPS) is 29.7. The van der Waals surface area contributed by atoms with Gasteiger partial charge in [0, 0.05) is 43.8 Å². The number of carbonyl (C=O) groups is 1. The molecule has 1 amide bonds. The number of halogens is 5. The van der Waals surface area contributed by atoms with Crippen LogP contribution in [0.15, 0.2) is 4.52 Å². The molecule has 0 bridgehead atoms. The molecular weight excluding hydrogens is 463 g/mol. The Balaban J connectivity index is 1.45. The summed E-state index contributed by atoms with van der Waals surface area (Å²) in [7, 11) is 0. The molecule has 2 saturated heterocycles. The van der Waals surface area contributed by atoms with Gasteiger partial charge >= 0.3 is 6.18 Å². The quantitative estimate of drug-likeness (QED) is 0.625. The number of hydrogen-bond acceptors (Lipinski definition) is 6. The van der Waals surface area contributed by atoms with Gasteiger partial charge in [-0.3, -0.25) is 4.79 Å². The van der Waals surface area contributed by atoms with E-state index in [4.69, 9.17) is 4.52 Å². The molecule has 4 rings (SSSR count). The lowest BCUT2D eigenvalue weighted by atomic mass is 9.76. The minimum Gasteiger partial charge on any atom is -0.392 e. The molecule has 1 aliphatic carbocycles. The van der Waals surface area contributed by atoms with Crippen molar-refractivity contribution in [2.75, 3.05) is 19.6 Å². The van der Waals surface area contributed by atoms with E-state index in [1.807, 2.05) is 13.8 Å². The Hall–Kier alpha value is -1.82. The van der Waals surface area contributed by atoms with Gasteiger partial charge in [-0.2, -0.15) is 18.2 Å². The van der Waals surface area contributed by atoms with Crippen molar-refractivity contribution in [2.24, 2.45) is 5.41 Å². The molecule has 7 nitrogen and oxygen atoms in total. The summed E-state index contributed by atoms with van der Waals surface area (Å²) < 4.78 is 74.9. The van der Waals surface area contributed by atoms with Gasteiger partial charge < -0.3 is 19.8 Å². The minimum absolute atomic E-state index is 0.0318. The van der Waals surface area contributed by atoms with Crippen molar-refractivity contribution in [2.45, 2.75) is 94.4 Å². The molecule has 192 valence electrons. The van der Waals surface area contributed by atoms with Gasteiger partial charge in [0.15, 0.2) is 5.82 Å². The van der Waals surface area contributed by atoms with E-state index < -0.39 is 59.7 Å². The number of rotatable bonds is 3. The van der Waals surface area contributed by atoms with Crippen LogP contribution in [0.5, 0.6) is 0 Å². The molecule has 1 saturated carbocycles. The molecule has 3 heterocycles. The van der Waals surface area contributed by atoms with Crippen LogP contribution in [0.4, 0.5) is 22.0 Å². The molecule has 1 aromatic rings.